The molecule has 0 aliphatic heterocycles. The van der Waals surface area contributed by atoms with E-state index in [0.29, 0.717) is 6.61 Å². The van der Waals surface area contributed by atoms with E-state index in [1.165, 1.54) is 5.56 Å². The van der Waals surface area contributed by atoms with Gasteiger partial charge in [0.05, 0.1) is 13.2 Å². The fourth-order valence-electron chi connectivity index (χ4n) is 1.71. The van der Waals surface area contributed by atoms with Gasteiger partial charge in [0.2, 0.25) is 0 Å². The van der Waals surface area contributed by atoms with Crippen molar-refractivity contribution in [3.8, 4) is 0 Å². The Bertz CT molecular complexity index is 401. The summed E-state index contributed by atoms with van der Waals surface area (Å²) in [6.07, 6.45) is 4.17. The molecule has 1 aromatic carbocycles. The van der Waals surface area contributed by atoms with Gasteiger partial charge in [-0.05, 0) is 26.3 Å². The summed E-state index contributed by atoms with van der Waals surface area (Å²) in [7, 11) is 0. The minimum atomic E-state index is 0.147. The van der Waals surface area contributed by atoms with E-state index in [2.05, 4.69) is 64.2 Å². The minimum Gasteiger partial charge on any atom is -0.377 e. The highest BCUT2D eigenvalue weighted by atomic mass is 16.5. The molecule has 2 nitrogen and oxygen atoms in total. The number of nitrogens with one attached hydrogen (secondary N) is 1. The predicted molar refractivity (Wildman–Crippen MR) is 87.8 cm³/mol. The van der Waals surface area contributed by atoms with Crippen LogP contribution in [0.15, 0.2) is 36.4 Å². The summed E-state index contributed by atoms with van der Waals surface area (Å²) in [6, 6.07) is 10.3. The molecule has 0 saturated carbocycles. The number of benzene rings is 1. The van der Waals surface area contributed by atoms with Crippen molar-refractivity contribution in [3.05, 3.63) is 42.0 Å². The molecule has 0 atom stereocenters. The molecule has 0 fully saturated rings. The van der Waals surface area contributed by atoms with E-state index in [9.17, 15) is 0 Å². The Kier molecular flexibility index (Phi) is 6.44. The summed E-state index contributed by atoms with van der Waals surface area (Å²) >= 11 is 0. The molecule has 0 bridgehead atoms. The largest absolute Gasteiger partial charge is 0.377 e. The molecule has 20 heavy (non-hydrogen) atoms. The Hall–Kier alpha value is -1.12. The molecule has 0 unspecified atom stereocenters. The fraction of sp³-hybridized carbons (Fsp3) is 0.556. The quantitative estimate of drug-likeness (QED) is 0.755. The second-order valence-corrected chi connectivity index (χ2v) is 7.10. The van der Waals surface area contributed by atoms with Crippen LogP contribution in [0, 0.1) is 5.41 Å². The van der Waals surface area contributed by atoms with Gasteiger partial charge < -0.3 is 10.1 Å². The average Bonchev–Trinajstić information content (AvgIpc) is 2.37. The molecule has 0 saturated heterocycles. The molecule has 0 aromatic heterocycles. The normalized spacial score (nSPS) is 13.1. The Balaban J connectivity index is 2.24. The van der Waals surface area contributed by atoms with Crippen LogP contribution in [0.5, 0.6) is 0 Å². The molecule has 0 spiro atoms. The van der Waals surface area contributed by atoms with Crippen molar-refractivity contribution in [2.45, 2.75) is 40.2 Å². The summed E-state index contributed by atoms with van der Waals surface area (Å²) in [5.41, 5.74) is 1.52. The lowest BCUT2D eigenvalue weighted by molar-refractivity contribution is 0.0765. The van der Waals surface area contributed by atoms with Gasteiger partial charge in [0.15, 0.2) is 0 Å². The smallest absolute Gasteiger partial charge is 0.0650 e. The monoisotopic (exact) mass is 275 g/mol. The van der Waals surface area contributed by atoms with Crippen LogP contribution in [-0.2, 0) is 4.74 Å². The SMILES string of the molecule is CC(C)(CNC(C)(C)C)COCC=Cc1ccccc1. The van der Waals surface area contributed by atoms with Crippen LogP contribution in [0.2, 0.25) is 0 Å². The van der Waals surface area contributed by atoms with E-state index in [4.69, 9.17) is 4.74 Å². The minimum absolute atomic E-state index is 0.147. The predicted octanol–water partition coefficient (Wildman–Crippen LogP) is 4.13. The molecule has 2 heteroatoms. The van der Waals surface area contributed by atoms with E-state index >= 15 is 0 Å². The van der Waals surface area contributed by atoms with Crippen molar-refractivity contribution in [2.75, 3.05) is 19.8 Å². The van der Waals surface area contributed by atoms with E-state index < -0.39 is 0 Å². The van der Waals surface area contributed by atoms with Crippen LogP contribution in [-0.4, -0.2) is 25.3 Å². The molecule has 1 aromatic rings. The summed E-state index contributed by atoms with van der Waals surface area (Å²) < 4.78 is 5.76. The molecule has 1 N–H and O–H groups in total. The molecule has 1 rings (SSSR count). The Morgan fingerprint density at radius 2 is 1.70 bits per heavy atom. The highest BCUT2D eigenvalue weighted by Gasteiger charge is 2.20. The van der Waals surface area contributed by atoms with Crippen LogP contribution in [0.4, 0.5) is 0 Å². The molecular weight excluding hydrogens is 246 g/mol. The zero-order valence-electron chi connectivity index (χ0n) is 13.6. The van der Waals surface area contributed by atoms with Gasteiger partial charge in [0, 0.05) is 17.5 Å². The van der Waals surface area contributed by atoms with Gasteiger partial charge in [-0.25, -0.2) is 0 Å². The molecule has 0 amide bonds. The van der Waals surface area contributed by atoms with Gasteiger partial charge in [0.25, 0.3) is 0 Å². The Labute approximate surface area is 124 Å². The Morgan fingerprint density at radius 1 is 1.05 bits per heavy atom. The van der Waals surface area contributed by atoms with Crippen LogP contribution >= 0.6 is 0 Å². The molecule has 0 aliphatic rings. The highest BCUT2D eigenvalue weighted by molar-refractivity contribution is 5.48. The van der Waals surface area contributed by atoms with Gasteiger partial charge in [-0.15, -0.1) is 0 Å². The van der Waals surface area contributed by atoms with Crippen molar-refractivity contribution in [1.29, 1.82) is 0 Å². The van der Waals surface area contributed by atoms with Crippen LogP contribution in [0.25, 0.3) is 6.08 Å². The molecular formula is C18H29NO. The van der Waals surface area contributed by atoms with Crippen molar-refractivity contribution in [1.82, 2.24) is 5.32 Å². The zero-order valence-corrected chi connectivity index (χ0v) is 13.6. The first-order valence-electron chi connectivity index (χ1n) is 7.33. The van der Waals surface area contributed by atoms with Crippen molar-refractivity contribution >= 4 is 6.08 Å². The number of ether oxygens (including phenoxy) is 1. The summed E-state index contributed by atoms with van der Waals surface area (Å²) in [5, 5.41) is 3.53. The molecule has 0 radical (unpaired) electrons. The first-order chi connectivity index (χ1) is 9.29. The van der Waals surface area contributed by atoms with E-state index in [0.717, 1.165) is 13.2 Å². The van der Waals surface area contributed by atoms with Crippen molar-refractivity contribution < 1.29 is 4.74 Å². The maximum absolute atomic E-state index is 5.76. The molecule has 112 valence electrons. The highest BCUT2D eigenvalue weighted by Crippen LogP contribution is 2.15. The fourth-order valence-corrected chi connectivity index (χ4v) is 1.71. The molecule has 0 aliphatic carbocycles. The summed E-state index contributed by atoms with van der Waals surface area (Å²) in [5.74, 6) is 0. The van der Waals surface area contributed by atoms with Gasteiger partial charge in [-0.3, -0.25) is 0 Å². The summed E-state index contributed by atoms with van der Waals surface area (Å²) in [6.45, 7) is 13.4. The maximum Gasteiger partial charge on any atom is 0.0650 e. The third-order valence-corrected chi connectivity index (χ3v) is 2.91. The number of hydrogen-bond donors (Lipinski definition) is 1. The maximum atomic E-state index is 5.76. The van der Waals surface area contributed by atoms with Gasteiger partial charge in [0.1, 0.15) is 0 Å². The van der Waals surface area contributed by atoms with E-state index in [-0.39, 0.29) is 11.0 Å². The van der Waals surface area contributed by atoms with Crippen molar-refractivity contribution in [2.24, 2.45) is 5.41 Å². The summed E-state index contributed by atoms with van der Waals surface area (Å²) in [4.78, 5) is 0. The Morgan fingerprint density at radius 3 is 2.30 bits per heavy atom. The number of hydrogen-bond acceptors (Lipinski definition) is 2. The lowest BCUT2D eigenvalue weighted by Crippen LogP contribution is -2.43. The second kappa shape index (κ2) is 7.61. The number of rotatable bonds is 7. The van der Waals surface area contributed by atoms with Crippen LogP contribution in [0.1, 0.15) is 40.2 Å². The topological polar surface area (TPSA) is 21.3 Å². The van der Waals surface area contributed by atoms with Crippen molar-refractivity contribution in [3.63, 3.8) is 0 Å². The standard InChI is InChI=1S/C18H29NO/c1-17(2,3)19-14-18(4,5)15-20-13-9-12-16-10-7-6-8-11-16/h6-12,19H,13-15H2,1-5H3. The first-order valence-corrected chi connectivity index (χ1v) is 7.33. The van der Waals surface area contributed by atoms with Crippen LogP contribution in [0.3, 0.4) is 0 Å². The molecule has 0 heterocycles. The van der Waals surface area contributed by atoms with Crippen LogP contribution < -0.4 is 5.32 Å². The first kappa shape index (κ1) is 16.9. The third kappa shape index (κ3) is 8.13. The third-order valence-electron chi connectivity index (χ3n) is 2.91. The van der Waals surface area contributed by atoms with E-state index in [1.807, 2.05) is 18.2 Å². The van der Waals surface area contributed by atoms with Gasteiger partial charge >= 0.3 is 0 Å². The van der Waals surface area contributed by atoms with Gasteiger partial charge in [-0.1, -0.05) is 56.3 Å². The van der Waals surface area contributed by atoms with Gasteiger partial charge in [-0.2, -0.15) is 0 Å². The lowest BCUT2D eigenvalue weighted by Gasteiger charge is -2.30. The lowest BCUT2D eigenvalue weighted by atomic mass is 9.93. The zero-order chi connectivity index (χ0) is 15.1. The van der Waals surface area contributed by atoms with E-state index in [1.54, 1.807) is 0 Å². The average molecular weight is 275 g/mol. The second-order valence-electron chi connectivity index (χ2n) is 7.10.